The number of carbonyl (C=O) groups excluding carboxylic acids is 1. The lowest BCUT2D eigenvalue weighted by atomic mass is 9.93. The van der Waals surface area contributed by atoms with E-state index in [1.165, 1.54) is 43.4 Å². The number of hydrogen-bond acceptors (Lipinski definition) is 2. The number of amides is 1. The molecule has 4 rings (SSSR count). The monoisotopic (exact) mass is 393 g/mol. The van der Waals surface area contributed by atoms with Gasteiger partial charge in [-0.2, -0.15) is 0 Å². The van der Waals surface area contributed by atoms with E-state index in [9.17, 15) is 4.79 Å². The third-order valence-corrected chi connectivity index (χ3v) is 7.06. The van der Waals surface area contributed by atoms with Crippen LogP contribution in [0.4, 0.5) is 0 Å². The van der Waals surface area contributed by atoms with Crippen LogP contribution >= 0.6 is 0 Å². The Kier molecular flexibility index (Phi) is 6.68. The highest BCUT2D eigenvalue weighted by Gasteiger charge is 2.24. The molecule has 1 aromatic carbocycles. The molecule has 0 spiro atoms. The maximum Gasteiger partial charge on any atom is 0.222 e. The van der Waals surface area contributed by atoms with Crippen molar-refractivity contribution in [2.24, 2.45) is 11.8 Å². The Labute approximate surface area is 175 Å². The van der Waals surface area contributed by atoms with Gasteiger partial charge in [-0.15, -0.1) is 0 Å². The molecule has 0 atom stereocenters. The Hall–Kier alpha value is -2.10. The first-order valence-corrected chi connectivity index (χ1v) is 11.6. The van der Waals surface area contributed by atoms with Gasteiger partial charge in [0.2, 0.25) is 5.91 Å². The molecule has 0 radical (unpaired) electrons. The van der Waals surface area contributed by atoms with Crippen LogP contribution in [0.3, 0.4) is 0 Å². The molecule has 1 saturated heterocycles. The highest BCUT2D eigenvalue weighted by molar-refractivity contribution is 5.76. The summed E-state index contributed by atoms with van der Waals surface area (Å²) in [5.41, 5.74) is 2.41. The molecule has 2 fully saturated rings. The van der Waals surface area contributed by atoms with E-state index in [0.29, 0.717) is 11.8 Å². The van der Waals surface area contributed by atoms with Crippen molar-refractivity contribution in [2.45, 2.75) is 71.3 Å². The highest BCUT2D eigenvalue weighted by Crippen LogP contribution is 2.29. The van der Waals surface area contributed by atoms with Gasteiger partial charge in [0, 0.05) is 43.5 Å². The van der Waals surface area contributed by atoms with E-state index in [2.05, 4.69) is 45.6 Å². The number of nitrogens with zero attached hydrogens (tertiary/aromatic N) is 3. The van der Waals surface area contributed by atoms with Crippen molar-refractivity contribution in [1.29, 1.82) is 0 Å². The minimum atomic E-state index is 0.396. The molecule has 4 heteroatoms. The topological polar surface area (TPSA) is 38.1 Å². The van der Waals surface area contributed by atoms with E-state index in [0.717, 1.165) is 57.1 Å². The number of piperidine rings is 1. The predicted octanol–water partition coefficient (Wildman–Crippen LogP) is 5.46. The van der Waals surface area contributed by atoms with Crippen molar-refractivity contribution in [3.8, 4) is 11.4 Å². The first-order chi connectivity index (χ1) is 14.2. The summed E-state index contributed by atoms with van der Waals surface area (Å²) in [7, 11) is 0. The molecule has 1 saturated carbocycles. The Morgan fingerprint density at radius 3 is 2.41 bits per heavy atom. The molecule has 0 bridgehead atoms. The predicted molar refractivity (Wildman–Crippen MR) is 118 cm³/mol. The van der Waals surface area contributed by atoms with Gasteiger partial charge in [0.15, 0.2) is 0 Å². The second-order valence-electron chi connectivity index (χ2n) is 9.04. The van der Waals surface area contributed by atoms with Crippen LogP contribution in [0.25, 0.3) is 11.4 Å². The number of likely N-dealkylation sites (tertiary alicyclic amines) is 1. The lowest BCUT2D eigenvalue weighted by Gasteiger charge is -2.32. The lowest BCUT2D eigenvalue weighted by Crippen LogP contribution is -2.38. The van der Waals surface area contributed by atoms with Gasteiger partial charge in [-0.25, -0.2) is 4.98 Å². The standard InChI is InChI=1S/C25H35N3O/c1-20-19-26-25(23-9-3-2-4-10-23)28(20)18-15-22-13-16-27(17-14-22)24(29)12-11-21-7-5-6-8-21/h2-4,9-10,19,21-22H,5-8,11-18H2,1H3. The maximum atomic E-state index is 12.6. The number of imidazole rings is 1. The van der Waals surface area contributed by atoms with Crippen LogP contribution in [0.2, 0.25) is 0 Å². The SMILES string of the molecule is Cc1cnc(-c2ccccc2)n1CCC1CCN(C(=O)CCC2CCCC2)CC1. The molecule has 2 heterocycles. The summed E-state index contributed by atoms with van der Waals surface area (Å²) < 4.78 is 2.36. The average Bonchev–Trinajstić information content (AvgIpc) is 3.41. The summed E-state index contributed by atoms with van der Waals surface area (Å²) in [5.74, 6) is 2.99. The van der Waals surface area contributed by atoms with Crippen LogP contribution in [0.5, 0.6) is 0 Å². The molecule has 2 aromatic rings. The van der Waals surface area contributed by atoms with Gasteiger partial charge in [0.25, 0.3) is 0 Å². The van der Waals surface area contributed by atoms with Crippen LogP contribution in [0.1, 0.15) is 63.5 Å². The van der Waals surface area contributed by atoms with Crippen LogP contribution in [-0.2, 0) is 11.3 Å². The summed E-state index contributed by atoms with van der Waals surface area (Å²) in [4.78, 5) is 19.3. The quantitative estimate of drug-likeness (QED) is 0.627. The van der Waals surface area contributed by atoms with E-state index in [1.807, 2.05) is 12.3 Å². The summed E-state index contributed by atoms with van der Waals surface area (Å²) in [6, 6.07) is 10.5. The normalized spacial score (nSPS) is 18.4. The van der Waals surface area contributed by atoms with Gasteiger partial charge in [-0.3, -0.25) is 4.79 Å². The largest absolute Gasteiger partial charge is 0.343 e. The van der Waals surface area contributed by atoms with E-state index in [1.54, 1.807) is 0 Å². The first kappa shape index (κ1) is 20.2. The molecule has 1 amide bonds. The third-order valence-electron chi connectivity index (χ3n) is 7.06. The Balaban J connectivity index is 1.24. The van der Waals surface area contributed by atoms with Crippen molar-refractivity contribution in [2.75, 3.05) is 13.1 Å². The molecule has 1 aliphatic carbocycles. The van der Waals surface area contributed by atoms with Crippen molar-refractivity contribution in [3.05, 3.63) is 42.2 Å². The van der Waals surface area contributed by atoms with Crippen LogP contribution in [0.15, 0.2) is 36.5 Å². The van der Waals surface area contributed by atoms with Crippen molar-refractivity contribution in [3.63, 3.8) is 0 Å². The minimum absolute atomic E-state index is 0.396. The molecule has 0 N–H and O–H groups in total. The Bertz CT molecular complexity index is 784. The fraction of sp³-hybridized carbons (Fsp3) is 0.600. The summed E-state index contributed by atoms with van der Waals surface area (Å²) >= 11 is 0. The van der Waals surface area contributed by atoms with E-state index in [4.69, 9.17) is 0 Å². The molecule has 156 valence electrons. The molecule has 1 aliphatic heterocycles. The zero-order chi connectivity index (χ0) is 20.1. The smallest absolute Gasteiger partial charge is 0.222 e. The first-order valence-electron chi connectivity index (χ1n) is 11.6. The van der Waals surface area contributed by atoms with Gasteiger partial charge in [0.05, 0.1) is 0 Å². The summed E-state index contributed by atoms with van der Waals surface area (Å²) in [5, 5.41) is 0. The van der Waals surface area contributed by atoms with Gasteiger partial charge in [-0.05, 0) is 44.4 Å². The summed E-state index contributed by atoms with van der Waals surface area (Å²) in [6.07, 6.45) is 12.7. The molecule has 2 aliphatic rings. The van der Waals surface area contributed by atoms with E-state index in [-0.39, 0.29) is 0 Å². The highest BCUT2D eigenvalue weighted by atomic mass is 16.2. The van der Waals surface area contributed by atoms with Crippen LogP contribution in [0, 0.1) is 18.8 Å². The van der Waals surface area contributed by atoms with Gasteiger partial charge >= 0.3 is 0 Å². The van der Waals surface area contributed by atoms with Gasteiger partial charge in [0.1, 0.15) is 5.82 Å². The van der Waals surface area contributed by atoms with E-state index < -0.39 is 0 Å². The van der Waals surface area contributed by atoms with Crippen molar-refractivity contribution >= 4 is 5.91 Å². The molecular weight excluding hydrogens is 358 g/mol. The second kappa shape index (κ2) is 9.60. The lowest BCUT2D eigenvalue weighted by molar-refractivity contribution is -0.132. The molecule has 1 aromatic heterocycles. The molecule has 0 unspecified atom stereocenters. The number of aryl methyl sites for hydroxylation is 1. The minimum Gasteiger partial charge on any atom is -0.343 e. The molecule has 29 heavy (non-hydrogen) atoms. The number of carbonyl (C=O) groups is 1. The van der Waals surface area contributed by atoms with Crippen LogP contribution in [-0.4, -0.2) is 33.4 Å². The van der Waals surface area contributed by atoms with Crippen LogP contribution < -0.4 is 0 Å². The van der Waals surface area contributed by atoms with Gasteiger partial charge < -0.3 is 9.47 Å². The Morgan fingerprint density at radius 2 is 1.69 bits per heavy atom. The third kappa shape index (κ3) is 5.09. The number of aromatic nitrogens is 2. The number of benzene rings is 1. The Morgan fingerprint density at radius 1 is 1.00 bits per heavy atom. The average molecular weight is 394 g/mol. The van der Waals surface area contributed by atoms with E-state index >= 15 is 0 Å². The fourth-order valence-corrected chi connectivity index (χ4v) is 5.13. The number of hydrogen-bond donors (Lipinski definition) is 0. The van der Waals surface area contributed by atoms with Gasteiger partial charge in [-0.1, -0.05) is 56.0 Å². The summed E-state index contributed by atoms with van der Waals surface area (Å²) in [6.45, 7) is 5.05. The fourth-order valence-electron chi connectivity index (χ4n) is 5.13. The second-order valence-corrected chi connectivity index (χ2v) is 9.04. The van der Waals surface area contributed by atoms with Crippen molar-refractivity contribution in [1.82, 2.24) is 14.5 Å². The number of rotatable bonds is 7. The molecular formula is C25H35N3O. The maximum absolute atomic E-state index is 12.6. The zero-order valence-corrected chi connectivity index (χ0v) is 17.9. The van der Waals surface area contributed by atoms with Crippen molar-refractivity contribution < 1.29 is 4.79 Å². The molecule has 4 nitrogen and oxygen atoms in total. The zero-order valence-electron chi connectivity index (χ0n) is 17.9.